The minimum atomic E-state index is -2.00. The van der Waals surface area contributed by atoms with Gasteiger partial charge >= 0.3 is 0 Å². The Bertz CT molecular complexity index is 1030. The molecular weight excluding hydrogens is 488 g/mol. The Kier molecular flexibility index (Phi) is 11.8. The molecule has 0 aliphatic carbocycles. The first-order valence-corrected chi connectivity index (χ1v) is 16.7. The minimum Gasteiger partial charge on any atom is -0.414 e. The van der Waals surface area contributed by atoms with Crippen LogP contribution in [0.4, 0.5) is 0 Å². The quantitative estimate of drug-likeness (QED) is 0.184. The van der Waals surface area contributed by atoms with E-state index < -0.39 is 8.32 Å². The molecule has 0 saturated heterocycles. The van der Waals surface area contributed by atoms with E-state index in [2.05, 4.69) is 77.2 Å². The molecule has 0 unspecified atom stereocenters. The molecule has 0 saturated carbocycles. The van der Waals surface area contributed by atoms with Crippen LogP contribution in [0.2, 0.25) is 18.1 Å². The van der Waals surface area contributed by atoms with E-state index in [9.17, 15) is 0 Å². The zero-order valence-corrected chi connectivity index (χ0v) is 25.1. The normalized spacial score (nSPS) is 14.7. The monoisotopic (exact) mass is 534 g/mol. The van der Waals surface area contributed by atoms with Crippen molar-refractivity contribution in [1.82, 2.24) is 0 Å². The maximum atomic E-state index is 6.71. The van der Waals surface area contributed by atoms with Gasteiger partial charge in [-0.15, -0.1) is 0 Å². The van der Waals surface area contributed by atoms with Gasteiger partial charge in [-0.05, 0) is 41.2 Å². The van der Waals surface area contributed by atoms with Gasteiger partial charge in [-0.2, -0.15) is 0 Å². The lowest BCUT2D eigenvalue weighted by Gasteiger charge is -2.39. The third-order valence-electron chi connectivity index (χ3n) is 7.45. The Morgan fingerprint density at radius 3 is 1.39 bits per heavy atom. The van der Waals surface area contributed by atoms with Crippen molar-refractivity contribution in [1.29, 1.82) is 0 Å². The summed E-state index contributed by atoms with van der Waals surface area (Å²) in [4.78, 5) is 0. The Hall–Kier alpha value is -2.28. The molecular formula is C33H46O4Si. The van der Waals surface area contributed by atoms with Crippen LogP contribution >= 0.6 is 0 Å². The van der Waals surface area contributed by atoms with Gasteiger partial charge < -0.3 is 18.6 Å². The predicted octanol–water partition coefficient (Wildman–Crippen LogP) is 8.17. The number of hydrogen-bond acceptors (Lipinski definition) is 4. The molecule has 0 radical (unpaired) electrons. The lowest BCUT2D eigenvalue weighted by Crippen LogP contribution is -2.49. The second-order valence-electron chi connectivity index (χ2n) is 11.4. The minimum absolute atomic E-state index is 0.103. The van der Waals surface area contributed by atoms with Crippen LogP contribution in [0.15, 0.2) is 91.0 Å². The zero-order valence-electron chi connectivity index (χ0n) is 24.1. The fraction of sp³-hybridized carbons (Fsp3) is 0.455. The lowest BCUT2D eigenvalue weighted by atomic mass is 10.0. The summed E-state index contributed by atoms with van der Waals surface area (Å²) in [6.45, 7) is 15.5. The van der Waals surface area contributed by atoms with Crippen molar-refractivity contribution in [3.8, 4) is 0 Å². The molecule has 0 bridgehead atoms. The third-order valence-corrected chi connectivity index (χ3v) is 11.9. The summed E-state index contributed by atoms with van der Waals surface area (Å²) >= 11 is 0. The van der Waals surface area contributed by atoms with Gasteiger partial charge in [-0.25, -0.2) is 0 Å². The van der Waals surface area contributed by atoms with Crippen LogP contribution in [0.3, 0.4) is 0 Å². The van der Waals surface area contributed by atoms with Gasteiger partial charge in [0.25, 0.3) is 0 Å². The first kappa shape index (κ1) is 30.3. The van der Waals surface area contributed by atoms with Crippen molar-refractivity contribution < 1.29 is 18.6 Å². The van der Waals surface area contributed by atoms with E-state index in [0.29, 0.717) is 26.4 Å². The number of ether oxygens (including phenoxy) is 3. The molecule has 0 aliphatic heterocycles. The fourth-order valence-corrected chi connectivity index (χ4v) is 4.98. The molecule has 0 N–H and O–H groups in total. The lowest BCUT2D eigenvalue weighted by molar-refractivity contribution is -0.160. The van der Waals surface area contributed by atoms with E-state index in [1.807, 2.05) is 54.6 Å². The molecule has 3 aromatic rings. The van der Waals surface area contributed by atoms with Gasteiger partial charge in [0.2, 0.25) is 0 Å². The van der Waals surface area contributed by atoms with Crippen molar-refractivity contribution in [2.24, 2.45) is 0 Å². The number of rotatable bonds is 15. The summed E-state index contributed by atoms with van der Waals surface area (Å²) in [5, 5.41) is 0.103. The van der Waals surface area contributed by atoms with E-state index in [4.69, 9.17) is 18.6 Å². The van der Waals surface area contributed by atoms with Crippen LogP contribution in [0.1, 0.15) is 50.8 Å². The Balaban J connectivity index is 1.85. The number of benzene rings is 3. The molecule has 3 rings (SSSR count). The molecule has 0 heterocycles. The van der Waals surface area contributed by atoms with Crippen LogP contribution in [0, 0.1) is 0 Å². The molecule has 0 aromatic heterocycles. The maximum Gasteiger partial charge on any atom is 0.192 e. The Morgan fingerprint density at radius 1 is 0.605 bits per heavy atom. The summed E-state index contributed by atoms with van der Waals surface area (Å²) in [5.74, 6) is 0. The molecule has 4 nitrogen and oxygen atoms in total. The van der Waals surface area contributed by atoms with Gasteiger partial charge in [0.15, 0.2) is 8.32 Å². The molecule has 3 aromatic carbocycles. The summed E-state index contributed by atoms with van der Waals surface area (Å²) < 4.78 is 26.5. The molecule has 38 heavy (non-hydrogen) atoms. The largest absolute Gasteiger partial charge is 0.414 e. The van der Waals surface area contributed by atoms with E-state index in [1.165, 1.54) is 0 Å². The van der Waals surface area contributed by atoms with Crippen molar-refractivity contribution in [2.75, 3.05) is 6.61 Å². The van der Waals surface area contributed by atoms with Gasteiger partial charge in [0.05, 0.1) is 32.5 Å². The van der Waals surface area contributed by atoms with Crippen LogP contribution in [-0.4, -0.2) is 33.2 Å². The molecule has 0 aliphatic rings. The standard InChI is InChI=1S/C33H46O4Si/c1-7-30(34-23-27-17-11-8-12-18-27)32(36-25-29-21-15-10-16-22-29)31(26-37-38(5,6)33(2,3)4)35-24-28-19-13-9-14-20-28/h8-22,30-32H,7,23-26H2,1-6H3/t30-,31-,32+/m1/s1. The first-order valence-electron chi connectivity index (χ1n) is 13.8. The average molecular weight is 535 g/mol. The van der Waals surface area contributed by atoms with E-state index >= 15 is 0 Å². The van der Waals surface area contributed by atoms with Crippen LogP contribution in [-0.2, 0) is 38.5 Å². The zero-order chi connectivity index (χ0) is 27.4. The molecule has 0 spiro atoms. The summed E-state index contributed by atoms with van der Waals surface area (Å²) in [6, 6.07) is 30.9. The molecule has 206 valence electrons. The van der Waals surface area contributed by atoms with Crippen molar-refractivity contribution >= 4 is 8.32 Å². The van der Waals surface area contributed by atoms with E-state index in [-0.39, 0.29) is 23.4 Å². The highest BCUT2D eigenvalue weighted by molar-refractivity contribution is 6.74. The highest BCUT2D eigenvalue weighted by Crippen LogP contribution is 2.37. The van der Waals surface area contributed by atoms with Gasteiger partial charge in [-0.3, -0.25) is 0 Å². The van der Waals surface area contributed by atoms with Crippen LogP contribution < -0.4 is 0 Å². The highest BCUT2D eigenvalue weighted by Gasteiger charge is 2.40. The van der Waals surface area contributed by atoms with Crippen molar-refractivity contribution in [3.63, 3.8) is 0 Å². The topological polar surface area (TPSA) is 36.9 Å². The van der Waals surface area contributed by atoms with Crippen LogP contribution in [0.25, 0.3) is 0 Å². The molecule has 3 atom stereocenters. The van der Waals surface area contributed by atoms with E-state index in [1.54, 1.807) is 0 Å². The first-order chi connectivity index (χ1) is 18.2. The second kappa shape index (κ2) is 14.8. The predicted molar refractivity (Wildman–Crippen MR) is 158 cm³/mol. The van der Waals surface area contributed by atoms with E-state index in [0.717, 1.165) is 23.1 Å². The SMILES string of the molecule is CC[C@@H](OCc1ccccc1)[C@H](OCc1ccccc1)[C@@H](CO[Si](C)(C)C(C)(C)C)OCc1ccccc1. The molecule has 0 amide bonds. The summed E-state index contributed by atoms with van der Waals surface area (Å²) in [5.41, 5.74) is 3.40. The highest BCUT2D eigenvalue weighted by atomic mass is 28.4. The average Bonchev–Trinajstić information content (AvgIpc) is 2.92. The second-order valence-corrected chi connectivity index (χ2v) is 16.2. The van der Waals surface area contributed by atoms with Gasteiger partial charge in [0.1, 0.15) is 12.2 Å². The Labute approximate surface area is 231 Å². The van der Waals surface area contributed by atoms with Crippen molar-refractivity contribution in [2.45, 2.75) is 90.4 Å². The smallest absolute Gasteiger partial charge is 0.192 e. The molecule has 0 fully saturated rings. The molecule has 5 heteroatoms. The van der Waals surface area contributed by atoms with Gasteiger partial charge in [0, 0.05) is 0 Å². The number of hydrogen-bond donors (Lipinski definition) is 0. The maximum absolute atomic E-state index is 6.71. The van der Waals surface area contributed by atoms with Crippen LogP contribution in [0.5, 0.6) is 0 Å². The summed E-state index contributed by atoms with van der Waals surface area (Å²) in [6.07, 6.45) is 0.0753. The van der Waals surface area contributed by atoms with Crippen molar-refractivity contribution in [3.05, 3.63) is 108 Å². The Morgan fingerprint density at radius 2 is 1.00 bits per heavy atom. The fourth-order valence-electron chi connectivity index (χ4n) is 3.97. The summed E-state index contributed by atoms with van der Waals surface area (Å²) in [7, 11) is -2.00. The van der Waals surface area contributed by atoms with Gasteiger partial charge in [-0.1, -0.05) is 119 Å². The third kappa shape index (κ3) is 9.48.